The molecule has 1 saturated carbocycles. The fraction of sp³-hybridized carbons (Fsp3) is 0.364. The number of hydrogen-bond acceptors (Lipinski definition) is 2. The monoisotopic (exact) mass is 305 g/mol. The van der Waals surface area contributed by atoms with Gasteiger partial charge in [0.15, 0.2) is 0 Å². The quantitative estimate of drug-likeness (QED) is 0.830. The zero-order valence-electron chi connectivity index (χ0n) is 8.51. The molecule has 1 aromatic rings. The molecule has 0 amide bonds. The second-order valence-electron chi connectivity index (χ2n) is 3.76. The molecule has 1 fully saturated rings. The zero-order chi connectivity index (χ0) is 12.6. The van der Waals surface area contributed by atoms with Gasteiger partial charge >= 0.3 is 6.18 Å². The minimum Gasteiger partial charge on any atom is -0.489 e. The molecular formula is C11H7BrF3NO. The highest BCUT2D eigenvalue weighted by Gasteiger charge is 2.33. The summed E-state index contributed by atoms with van der Waals surface area (Å²) >= 11 is 2.96. The Morgan fingerprint density at radius 1 is 1.35 bits per heavy atom. The van der Waals surface area contributed by atoms with Gasteiger partial charge in [-0.1, -0.05) is 0 Å². The number of ether oxygens (including phenoxy) is 1. The summed E-state index contributed by atoms with van der Waals surface area (Å²) < 4.78 is 43.1. The van der Waals surface area contributed by atoms with Gasteiger partial charge in [-0.25, -0.2) is 0 Å². The number of hydrogen-bond donors (Lipinski definition) is 0. The minimum atomic E-state index is -4.45. The first-order chi connectivity index (χ1) is 7.91. The van der Waals surface area contributed by atoms with E-state index in [0.717, 1.165) is 25.0 Å². The van der Waals surface area contributed by atoms with Gasteiger partial charge in [-0.15, -0.1) is 0 Å². The van der Waals surface area contributed by atoms with Gasteiger partial charge in [0.25, 0.3) is 0 Å². The molecule has 2 nitrogen and oxygen atoms in total. The number of nitrogens with zero attached hydrogens (tertiary/aromatic N) is 1. The van der Waals surface area contributed by atoms with Gasteiger partial charge in [-0.2, -0.15) is 18.4 Å². The van der Waals surface area contributed by atoms with Gasteiger partial charge in [0.05, 0.1) is 11.7 Å². The molecule has 0 heterocycles. The molecule has 0 aromatic heterocycles. The van der Waals surface area contributed by atoms with Crippen molar-refractivity contribution in [3.8, 4) is 11.8 Å². The first-order valence-corrected chi connectivity index (χ1v) is 5.68. The van der Waals surface area contributed by atoms with Crippen LogP contribution in [0.25, 0.3) is 0 Å². The van der Waals surface area contributed by atoms with Crippen LogP contribution in [0.3, 0.4) is 0 Å². The Hall–Kier alpha value is -1.22. The Kier molecular flexibility index (Phi) is 3.04. The molecule has 2 rings (SSSR count). The second kappa shape index (κ2) is 4.22. The Bertz CT molecular complexity index is 489. The van der Waals surface area contributed by atoms with E-state index in [-0.39, 0.29) is 21.9 Å². The lowest BCUT2D eigenvalue weighted by atomic mass is 10.1. The van der Waals surface area contributed by atoms with E-state index in [1.165, 1.54) is 0 Å². The summed E-state index contributed by atoms with van der Waals surface area (Å²) in [6.45, 7) is 0. The van der Waals surface area contributed by atoms with E-state index < -0.39 is 11.7 Å². The van der Waals surface area contributed by atoms with E-state index >= 15 is 0 Å². The average molecular weight is 306 g/mol. The molecule has 0 aliphatic heterocycles. The van der Waals surface area contributed by atoms with Crippen LogP contribution < -0.4 is 4.74 Å². The molecule has 0 radical (unpaired) electrons. The number of alkyl halides is 3. The van der Waals surface area contributed by atoms with Crippen LogP contribution in [0.2, 0.25) is 0 Å². The summed E-state index contributed by atoms with van der Waals surface area (Å²) in [7, 11) is 0. The fourth-order valence-corrected chi connectivity index (χ4v) is 1.84. The van der Waals surface area contributed by atoms with Crippen LogP contribution in [-0.4, -0.2) is 6.10 Å². The van der Waals surface area contributed by atoms with Crippen LogP contribution in [0, 0.1) is 11.3 Å². The summed E-state index contributed by atoms with van der Waals surface area (Å²) in [6.07, 6.45) is -2.87. The van der Waals surface area contributed by atoms with E-state index in [4.69, 9.17) is 10.00 Å². The maximum absolute atomic E-state index is 12.6. The summed E-state index contributed by atoms with van der Waals surface area (Å²) in [6, 6.07) is 3.60. The largest absolute Gasteiger partial charge is 0.489 e. The average Bonchev–Trinajstić information content (AvgIpc) is 3.00. The van der Waals surface area contributed by atoms with Gasteiger partial charge in [0.2, 0.25) is 0 Å². The van der Waals surface area contributed by atoms with Crippen LogP contribution in [0.4, 0.5) is 13.2 Å². The molecule has 0 bridgehead atoms. The van der Waals surface area contributed by atoms with Gasteiger partial charge in [-0.3, -0.25) is 0 Å². The third-order valence-electron chi connectivity index (χ3n) is 2.31. The highest BCUT2D eigenvalue weighted by molar-refractivity contribution is 9.10. The normalized spacial score (nSPS) is 15.5. The third kappa shape index (κ3) is 2.72. The molecule has 90 valence electrons. The molecule has 1 aromatic carbocycles. The van der Waals surface area contributed by atoms with E-state index in [9.17, 15) is 13.2 Å². The summed E-state index contributed by atoms with van der Waals surface area (Å²) in [5.41, 5.74) is -0.719. The van der Waals surface area contributed by atoms with Crippen molar-refractivity contribution < 1.29 is 17.9 Å². The molecule has 0 saturated heterocycles. The second-order valence-corrected chi connectivity index (χ2v) is 4.61. The number of halogens is 4. The van der Waals surface area contributed by atoms with Crippen LogP contribution in [0.15, 0.2) is 16.6 Å². The lowest BCUT2D eigenvalue weighted by molar-refractivity contribution is -0.137. The first-order valence-electron chi connectivity index (χ1n) is 4.89. The highest BCUT2D eigenvalue weighted by Crippen LogP contribution is 2.38. The standard InChI is InChI=1S/C11H7BrF3NO/c12-9-3-6(11(13,14)15)4-10(8(9)5-16)17-7-1-2-7/h3-4,7H,1-2H2. The van der Waals surface area contributed by atoms with Crippen molar-refractivity contribution in [2.45, 2.75) is 25.1 Å². The van der Waals surface area contributed by atoms with Crippen molar-refractivity contribution >= 4 is 15.9 Å². The Balaban J connectivity index is 2.46. The Morgan fingerprint density at radius 3 is 2.47 bits per heavy atom. The van der Waals surface area contributed by atoms with Crippen molar-refractivity contribution in [3.63, 3.8) is 0 Å². The SMILES string of the molecule is N#Cc1c(Br)cc(C(F)(F)F)cc1OC1CC1. The molecule has 1 aliphatic carbocycles. The maximum Gasteiger partial charge on any atom is 0.416 e. The molecule has 0 atom stereocenters. The topological polar surface area (TPSA) is 33.0 Å². The predicted molar refractivity (Wildman–Crippen MR) is 57.5 cm³/mol. The van der Waals surface area contributed by atoms with Crippen LogP contribution in [0.5, 0.6) is 5.75 Å². The lowest BCUT2D eigenvalue weighted by Crippen LogP contribution is -2.07. The number of nitriles is 1. The van der Waals surface area contributed by atoms with E-state index in [1.807, 2.05) is 6.07 Å². The molecule has 0 unspecified atom stereocenters. The lowest BCUT2D eigenvalue weighted by Gasteiger charge is -2.12. The first kappa shape index (κ1) is 12.2. The predicted octanol–water partition coefficient (Wildman–Crippen LogP) is 3.88. The maximum atomic E-state index is 12.6. The van der Waals surface area contributed by atoms with Crippen molar-refractivity contribution in [1.82, 2.24) is 0 Å². The van der Waals surface area contributed by atoms with Crippen molar-refractivity contribution in [2.24, 2.45) is 0 Å². The van der Waals surface area contributed by atoms with Gasteiger partial charge < -0.3 is 4.74 Å². The number of benzene rings is 1. The van der Waals surface area contributed by atoms with Gasteiger partial charge in [-0.05, 0) is 40.9 Å². The van der Waals surface area contributed by atoms with Gasteiger partial charge in [0, 0.05) is 4.47 Å². The van der Waals surface area contributed by atoms with E-state index in [1.54, 1.807) is 0 Å². The van der Waals surface area contributed by atoms with Crippen molar-refractivity contribution in [3.05, 3.63) is 27.7 Å². The number of rotatable bonds is 2. The fourth-order valence-electron chi connectivity index (χ4n) is 1.31. The Labute approximate surface area is 104 Å². The molecule has 1 aliphatic rings. The van der Waals surface area contributed by atoms with Gasteiger partial charge in [0.1, 0.15) is 17.4 Å². The van der Waals surface area contributed by atoms with E-state index in [0.29, 0.717) is 0 Å². The molecule has 0 spiro atoms. The summed E-state index contributed by atoms with van der Waals surface area (Å²) in [4.78, 5) is 0. The highest BCUT2D eigenvalue weighted by atomic mass is 79.9. The molecular weight excluding hydrogens is 299 g/mol. The van der Waals surface area contributed by atoms with E-state index in [2.05, 4.69) is 15.9 Å². The van der Waals surface area contributed by atoms with Crippen molar-refractivity contribution in [2.75, 3.05) is 0 Å². The third-order valence-corrected chi connectivity index (χ3v) is 2.94. The molecule has 17 heavy (non-hydrogen) atoms. The molecule has 0 N–H and O–H groups in total. The minimum absolute atomic E-state index is 0.00306. The zero-order valence-corrected chi connectivity index (χ0v) is 10.1. The molecule has 6 heteroatoms. The smallest absolute Gasteiger partial charge is 0.416 e. The van der Waals surface area contributed by atoms with Crippen LogP contribution >= 0.6 is 15.9 Å². The van der Waals surface area contributed by atoms with Crippen LogP contribution in [0.1, 0.15) is 24.0 Å². The summed E-state index contributed by atoms with van der Waals surface area (Å²) in [5, 5.41) is 8.89. The van der Waals surface area contributed by atoms with Crippen LogP contribution in [-0.2, 0) is 6.18 Å². The Morgan fingerprint density at radius 2 is 2.00 bits per heavy atom. The summed E-state index contributed by atoms with van der Waals surface area (Å²) in [5.74, 6) is -0.00306. The van der Waals surface area contributed by atoms with Crippen molar-refractivity contribution in [1.29, 1.82) is 5.26 Å².